The lowest BCUT2D eigenvalue weighted by Crippen LogP contribution is -2.24. The molecule has 0 amide bonds. The molecule has 0 aromatic carbocycles. The molecule has 2 rings (SSSR count). The first-order chi connectivity index (χ1) is 6.83. The largest absolute Gasteiger partial charge is 0.481 e. The Kier molecular flexibility index (Phi) is 2.29. The summed E-state index contributed by atoms with van der Waals surface area (Å²) in [5, 5.41) is 11.4. The van der Waals surface area contributed by atoms with Crippen molar-refractivity contribution in [2.24, 2.45) is 5.41 Å². The Morgan fingerprint density at radius 2 is 2.13 bits per heavy atom. The minimum atomic E-state index is -0.699. The molecule has 4 heteroatoms. The van der Waals surface area contributed by atoms with Gasteiger partial charge in [0.15, 0.2) is 0 Å². The monoisotopic (exact) mass is 288 g/mol. The molecule has 1 heterocycles. The number of thiophene rings is 1. The van der Waals surface area contributed by atoms with Crippen LogP contribution in [0.1, 0.15) is 30.7 Å². The van der Waals surface area contributed by atoms with Crippen LogP contribution in [0.25, 0.3) is 0 Å². The van der Waals surface area contributed by atoms with Gasteiger partial charge in [0.25, 0.3) is 0 Å². The van der Waals surface area contributed by atoms with Gasteiger partial charge in [0, 0.05) is 9.35 Å². The van der Waals surface area contributed by atoms with Crippen molar-refractivity contribution in [3.8, 4) is 0 Å². The van der Waals surface area contributed by atoms with E-state index in [-0.39, 0.29) is 5.41 Å². The van der Waals surface area contributed by atoms with E-state index in [1.807, 2.05) is 26.2 Å². The molecule has 2 nitrogen and oxygen atoms in total. The van der Waals surface area contributed by atoms with Crippen LogP contribution >= 0.6 is 27.3 Å². The van der Waals surface area contributed by atoms with Gasteiger partial charge in [0.2, 0.25) is 0 Å². The Morgan fingerprint density at radius 1 is 1.60 bits per heavy atom. The number of hydrogen-bond donors (Lipinski definition) is 1. The van der Waals surface area contributed by atoms with Gasteiger partial charge >= 0.3 is 5.97 Å². The van der Waals surface area contributed by atoms with Crippen LogP contribution in [0, 0.1) is 12.3 Å². The first-order valence-electron chi connectivity index (χ1n) is 4.80. The van der Waals surface area contributed by atoms with E-state index < -0.39 is 11.4 Å². The number of carboxylic acid groups (broad SMARTS) is 1. The van der Waals surface area contributed by atoms with Crippen molar-refractivity contribution in [1.82, 2.24) is 0 Å². The fourth-order valence-electron chi connectivity index (χ4n) is 2.19. The van der Waals surface area contributed by atoms with Gasteiger partial charge in [-0.3, -0.25) is 4.79 Å². The Morgan fingerprint density at radius 3 is 2.40 bits per heavy atom. The van der Waals surface area contributed by atoms with Crippen LogP contribution in [0.4, 0.5) is 0 Å². The number of hydrogen-bond acceptors (Lipinski definition) is 2. The summed E-state index contributed by atoms with van der Waals surface area (Å²) in [5.41, 5.74) is 0.335. The van der Waals surface area contributed by atoms with Gasteiger partial charge < -0.3 is 5.11 Å². The predicted octanol–water partition coefficient (Wildman–Crippen LogP) is 3.57. The predicted molar refractivity (Wildman–Crippen MR) is 64.5 cm³/mol. The maximum Gasteiger partial charge on any atom is 0.315 e. The molecule has 0 aliphatic heterocycles. The van der Waals surface area contributed by atoms with E-state index in [1.54, 1.807) is 11.3 Å². The highest BCUT2D eigenvalue weighted by Crippen LogP contribution is 2.66. The lowest BCUT2D eigenvalue weighted by Gasteiger charge is -2.14. The number of rotatable bonds is 2. The van der Waals surface area contributed by atoms with Gasteiger partial charge in [-0.2, -0.15) is 0 Å². The number of halogens is 1. The molecule has 1 fully saturated rings. The fourth-order valence-corrected chi connectivity index (χ4v) is 4.39. The van der Waals surface area contributed by atoms with Crippen molar-refractivity contribution in [3.63, 3.8) is 0 Å². The Labute approximate surface area is 101 Å². The van der Waals surface area contributed by atoms with Crippen molar-refractivity contribution in [2.75, 3.05) is 0 Å². The van der Waals surface area contributed by atoms with Crippen LogP contribution in [0.3, 0.4) is 0 Å². The lowest BCUT2D eigenvalue weighted by atomic mass is 9.94. The van der Waals surface area contributed by atoms with E-state index in [9.17, 15) is 9.90 Å². The maximum atomic E-state index is 11.4. The van der Waals surface area contributed by atoms with Crippen LogP contribution in [0.15, 0.2) is 9.85 Å². The van der Waals surface area contributed by atoms with Crippen molar-refractivity contribution in [2.45, 2.75) is 32.6 Å². The fraction of sp³-hybridized carbons (Fsp3) is 0.545. The van der Waals surface area contributed by atoms with Crippen LogP contribution in [0.5, 0.6) is 0 Å². The SMILES string of the molecule is Cc1csc(C2(C(=O)O)CC2(C)C)c1Br. The van der Waals surface area contributed by atoms with Crippen LogP contribution in [-0.4, -0.2) is 11.1 Å². The van der Waals surface area contributed by atoms with Gasteiger partial charge in [-0.05, 0) is 45.6 Å². The van der Waals surface area contributed by atoms with E-state index in [2.05, 4.69) is 15.9 Å². The summed E-state index contributed by atoms with van der Waals surface area (Å²) < 4.78 is 0.973. The van der Waals surface area contributed by atoms with E-state index in [0.29, 0.717) is 0 Å². The minimum absolute atomic E-state index is 0.126. The third-order valence-electron chi connectivity index (χ3n) is 3.39. The molecule has 1 N–H and O–H groups in total. The number of aliphatic carboxylic acids is 1. The molecular formula is C11H13BrO2S. The van der Waals surface area contributed by atoms with Crippen molar-refractivity contribution in [3.05, 3.63) is 20.3 Å². The third-order valence-corrected chi connectivity index (χ3v) is 5.93. The highest BCUT2D eigenvalue weighted by Gasteiger charge is 2.69. The summed E-state index contributed by atoms with van der Waals surface area (Å²) in [5.74, 6) is -0.699. The highest BCUT2D eigenvalue weighted by atomic mass is 79.9. The molecule has 1 aliphatic rings. The zero-order valence-electron chi connectivity index (χ0n) is 8.93. The molecular weight excluding hydrogens is 276 g/mol. The molecule has 1 aliphatic carbocycles. The zero-order chi connectivity index (χ0) is 11.4. The second-order valence-electron chi connectivity index (χ2n) is 4.83. The molecule has 82 valence electrons. The lowest BCUT2D eigenvalue weighted by molar-refractivity contribution is -0.140. The molecule has 0 saturated heterocycles. The molecule has 0 radical (unpaired) electrons. The Bertz CT molecular complexity index is 436. The molecule has 0 bridgehead atoms. The summed E-state index contributed by atoms with van der Waals surface area (Å²) in [6.07, 6.45) is 0.730. The first-order valence-corrected chi connectivity index (χ1v) is 6.47. The molecule has 0 spiro atoms. The van der Waals surface area contributed by atoms with Gasteiger partial charge in [0.05, 0.1) is 0 Å². The molecule has 1 unspecified atom stereocenters. The van der Waals surface area contributed by atoms with Crippen LogP contribution < -0.4 is 0 Å². The Hall–Kier alpha value is -0.350. The number of carbonyl (C=O) groups is 1. The van der Waals surface area contributed by atoms with Crippen LogP contribution in [-0.2, 0) is 10.2 Å². The van der Waals surface area contributed by atoms with Crippen molar-refractivity contribution < 1.29 is 9.90 Å². The molecule has 1 saturated carbocycles. The molecule has 15 heavy (non-hydrogen) atoms. The van der Waals surface area contributed by atoms with Crippen molar-refractivity contribution >= 4 is 33.2 Å². The minimum Gasteiger partial charge on any atom is -0.481 e. The number of aryl methyl sites for hydroxylation is 1. The quantitative estimate of drug-likeness (QED) is 0.903. The third kappa shape index (κ3) is 1.31. The van der Waals surface area contributed by atoms with E-state index in [1.165, 1.54) is 0 Å². The second-order valence-corrected chi connectivity index (χ2v) is 6.51. The van der Waals surface area contributed by atoms with Crippen molar-refractivity contribution in [1.29, 1.82) is 0 Å². The van der Waals surface area contributed by atoms with Gasteiger partial charge in [0.1, 0.15) is 5.41 Å². The summed E-state index contributed by atoms with van der Waals surface area (Å²) in [6, 6.07) is 0. The first kappa shape index (κ1) is 11.1. The summed E-state index contributed by atoms with van der Waals surface area (Å²) >= 11 is 5.04. The van der Waals surface area contributed by atoms with Gasteiger partial charge in [-0.1, -0.05) is 13.8 Å². The van der Waals surface area contributed by atoms with Crippen LogP contribution in [0.2, 0.25) is 0 Å². The normalized spacial score (nSPS) is 27.7. The summed E-state index contributed by atoms with van der Waals surface area (Å²) in [7, 11) is 0. The average molecular weight is 289 g/mol. The smallest absolute Gasteiger partial charge is 0.315 e. The standard InChI is InChI=1S/C11H13BrO2S/c1-6-4-15-8(7(6)12)11(9(13)14)5-10(11,2)3/h4H,5H2,1-3H3,(H,13,14). The summed E-state index contributed by atoms with van der Waals surface area (Å²) in [4.78, 5) is 12.4. The molecule has 1 aromatic rings. The van der Waals surface area contributed by atoms with E-state index in [4.69, 9.17) is 0 Å². The van der Waals surface area contributed by atoms with Gasteiger partial charge in [-0.15, -0.1) is 11.3 Å². The van der Waals surface area contributed by atoms with E-state index >= 15 is 0 Å². The average Bonchev–Trinajstić information content (AvgIpc) is 2.55. The molecule has 1 atom stereocenters. The summed E-state index contributed by atoms with van der Waals surface area (Å²) in [6.45, 7) is 6.03. The maximum absolute atomic E-state index is 11.4. The van der Waals surface area contributed by atoms with Gasteiger partial charge in [-0.25, -0.2) is 0 Å². The van der Waals surface area contributed by atoms with E-state index in [0.717, 1.165) is 21.3 Å². The number of carboxylic acids is 1. The Balaban J connectivity index is 2.55. The topological polar surface area (TPSA) is 37.3 Å². The second kappa shape index (κ2) is 3.08. The molecule has 1 aromatic heterocycles. The highest BCUT2D eigenvalue weighted by molar-refractivity contribution is 9.10. The zero-order valence-corrected chi connectivity index (χ0v) is 11.3.